The van der Waals surface area contributed by atoms with Crippen LogP contribution in [0.2, 0.25) is 5.02 Å². The first kappa shape index (κ1) is 14.8. The van der Waals surface area contributed by atoms with Crippen LogP contribution in [0.15, 0.2) is 18.2 Å². The molecule has 1 aliphatic carbocycles. The molecule has 0 saturated heterocycles. The van der Waals surface area contributed by atoms with Gasteiger partial charge in [0.15, 0.2) is 0 Å². The summed E-state index contributed by atoms with van der Waals surface area (Å²) in [4.78, 5) is 0. The number of benzene rings is 1. The lowest BCUT2D eigenvalue weighted by atomic mass is 9.73. The molecule has 2 rings (SSSR count). The standard InChI is InChI=1S/C16H24ClNO/c1-11-6-8-16(19-3,9-7-11)15(18)13-5-4-12(2)14(17)10-13/h4-5,10-11,15H,6-9,18H2,1-3H3. The molecule has 0 radical (unpaired) electrons. The van der Waals surface area contributed by atoms with Crippen LogP contribution in [0.3, 0.4) is 0 Å². The van der Waals surface area contributed by atoms with E-state index in [-0.39, 0.29) is 11.6 Å². The molecule has 0 bridgehead atoms. The first-order valence-electron chi connectivity index (χ1n) is 7.05. The maximum atomic E-state index is 6.50. The van der Waals surface area contributed by atoms with E-state index in [1.165, 1.54) is 12.8 Å². The van der Waals surface area contributed by atoms with E-state index in [0.717, 1.165) is 34.9 Å². The van der Waals surface area contributed by atoms with Crippen molar-refractivity contribution < 1.29 is 4.74 Å². The Morgan fingerprint density at radius 3 is 2.53 bits per heavy atom. The van der Waals surface area contributed by atoms with Crippen molar-refractivity contribution in [3.8, 4) is 0 Å². The van der Waals surface area contributed by atoms with Gasteiger partial charge in [0.2, 0.25) is 0 Å². The predicted molar refractivity (Wildman–Crippen MR) is 80.5 cm³/mol. The monoisotopic (exact) mass is 281 g/mol. The van der Waals surface area contributed by atoms with Crippen LogP contribution in [0.1, 0.15) is 49.8 Å². The van der Waals surface area contributed by atoms with Crippen molar-refractivity contribution in [2.45, 2.75) is 51.2 Å². The summed E-state index contributed by atoms with van der Waals surface area (Å²) >= 11 is 6.21. The number of ether oxygens (including phenoxy) is 1. The average molecular weight is 282 g/mol. The van der Waals surface area contributed by atoms with Gasteiger partial charge in [0.25, 0.3) is 0 Å². The van der Waals surface area contributed by atoms with Gasteiger partial charge in [-0.1, -0.05) is 30.7 Å². The van der Waals surface area contributed by atoms with Crippen LogP contribution in [0, 0.1) is 12.8 Å². The molecule has 2 N–H and O–H groups in total. The maximum Gasteiger partial charge on any atom is 0.0870 e. The molecule has 0 amide bonds. The van der Waals surface area contributed by atoms with Gasteiger partial charge in [0.05, 0.1) is 11.6 Å². The Morgan fingerprint density at radius 2 is 2.00 bits per heavy atom. The van der Waals surface area contributed by atoms with E-state index in [2.05, 4.69) is 13.0 Å². The molecule has 0 heterocycles. The Kier molecular flexibility index (Phi) is 4.54. The highest BCUT2D eigenvalue weighted by Gasteiger charge is 2.40. The van der Waals surface area contributed by atoms with Crippen molar-refractivity contribution in [3.63, 3.8) is 0 Å². The summed E-state index contributed by atoms with van der Waals surface area (Å²) in [6, 6.07) is 5.99. The Labute approximate surface area is 121 Å². The summed E-state index contributed by atoms with van der Waals surface area (Å²) in [6.45, 7) is 4.31. The molecule has 1 saturated carbocycles. The van der Waals surface area contributed by atoms with Crippen molar-refractivity contribution in [2.24, 2.45) is 11.7 Å². The normalized spacial score (nSPS) is 29.2. The third-order valence-corrected chi connectivity index (χ3v) is 5.06. The van der Waals surface area contributed by atoms with Gasteiger partial charge in [0, 0.05) is 12.1 Å². The van der Waals surface area contributed by atoms with Gasteiger partial charge in [-0.3, -0.25) is 0 Å². The van der Waals surface area contributed by atoms with Crippen LogP contribution in [-0.4, -0.2) is 12.7 Å². The summed E-state index contributed by atoms with van der Waals surface area (Å²) in [5, 5.41) is 0.781. The third kappa shape index (κ3) is 2.96. The molecule has 1 aromatic rings. The zero-order valence-corrected chi connectivity index (χ0v) is 12.8. The molecule has 1 aliphatic rings. The molecule has 1 fully saturated rings. The second kappa shape index (κ2) is 5.82. The van der Waals surface area contributed by atoms with Gasteiger partial charge < -0.3 is 10.5 Å². The largest absolute Gasteiger partial charge is 0.376 e. The number of hydrogen-bond donors (Lipinski definition) is 1. The van der Waals surface area contributed by atoms with Crippen LogP contribution in [-0.2, 0) is 4.74 Å². The van der Waals surface area contributed by atoms with Crippen LogP contribution < -0.4 is 5.73 Å². The SMILES string of the molecule is COC1(C(N)c2ccc(C)c(Cl)c2)CCC(C)CC1. The first-order chi connectivity index (χ1) is 8.98. The van der Waals surface area contributed by atoms with E-state index in [4.69, 9.17) is 22.1 Å². The van der Waals surface area contributed by atoms with Crippen LogP contribution >= 0.6 is 11.6 Å². The fourth-order valence-corrected chi connectivity index (χ4v) is 3.19. The zero-order chi connectivity index (χ0) is 14.0. The fraction of sp³-hybridized carbons (Fsp3) is 0.625. The quantitative estimate of drug-likeness (QED) is 0.899. The minimum Gasteiger partial charge on any atom is -0.376 e. The lowest BCUT2D eigenvalue weighted by Gasteiger charge is -2.42. The summed E-state index contributed by atoms with van der Waals surface area (Å²) in [5.74, 6) is 0.775. The van der Waals surface area contributed by atoms with Gasteiger partial charge in [-0.2, -0.15) is 0 Å². The number of nitrogens with two attached hydrogens (primary N) is 1. The highest BCUT2D eigenvalue weighted by atomic mass is 35.5. The van der Waals surface area contributed by atoms with Gasteiger partial charge in [-0.15, -0.1) is 0 Å². The lowest BCUT2D eigenvalue weighted by molar-refractivity contribution is -0.0672. The molecular weight excluding hydrogens is 258 g/mol. The van der Waals surface area contributed by atoms with Crippen LogP contribution in [0.5, 0.6) is 0 Å². The molecule has 3 heteroatoms. The summed E-state index contributed by atoms with van der Waals surface area (Å²) < 4.78 is 5.85. The second-order valence-corrected chi connectivity index (χ2v) is 6.34. The molecule has 106 valence electrons. The van der Waals surface area contributed by atoms with E-state index in [1.54, 1.807) is 7.11 Å². The summed E-state index contributed by atoms with van der Waals surface area (Å²) in [6.07, 6.45) is 4.41. The Balaban J connectivity index is 2.25. The van der Waals surface area contributed by atoms with Gasteiger partial charge >= 0.3 is 0 Å². The van der Waals surface area contributed by atoms with Crippen molar-refractivity contribution >= 4 is 11.6 Å². The Bertz CT molecular complexity index is 438. The number of hydrogen-bond acceptors (Lipinski definition) is 2. The van der Waals surface area contributed by atoms with E-state index in [0.29, 0.717) is 0 Å². The van der Waals surface area contributed by atoms with E-state index < -0.39 is 0 Å². The molecule has 0 spiro atoms. The summed E-state index contributed by atoms with van der Waals surface area (Å²) in [5.41, 5.74) is 8.43. The number of halogens is 1. The number of methoxy groups -OCH3 is 1. The Hall–Kier alpha value is -0.570. The van der Waals surface area contributed by atoms with Gasteiger partial charge in [-0.25, -0.2) is 0 Å². The topological polar surface area (TPSA) is 35.2 Å². The minimum atomic E-state index is -0.231. The third-order valence-electron chi connectivity index (χ3n) is 4.65. The maximum absolute atomic E-state index is 6.50. The van der Waals surface area contributed by atoms with Crippen molar-refractivity contribution in [3.05, 3.63) is 34.3 Å². The smallest absolute Gasteiger partial charge is 0.0870 e. The van der Waals surface area contributed by atoms with E-state index >= 15 is 0 Å². The zero-order valence-electron chi connectivity index (χ0n) is 12.1. The number of rotatable bonds is 3. The van der Waals surface area contributed by atoms with Crippen LogP contribution in [0.4, 0.5) is 0 Å². The van der Waals surface area contributed by atoms with E-state index in [9.17, 15) is 0 Å². The van der Waals surface area contributed by atoms with E-state index in [1.807, 2.05) is 19.1 Å². The highest BCUT2D eigenvalue weighted by Crippen LogP contribution is 2.42. The lowest BCUT2D eigenvalue weighted by Crippen LogP contribution is -2.45. The minimum absolute atomic E-state index is 0.108. The molecule has 0 aliphatic heterocycles. The molecule has 2 nitrogen and oxygen atoms in total. The molecular formula is C16H24ClNO. The molecule has 0 aromatic heterocycles. The second-order valence-electron chi connectivity index (χ2n) is 5.94. The van der Waals surface area contributed by atoms with Crippen molar-refractivity contribution in [2.75, 3.05) is 7.11 Å². The molecule has 19 heavy (non-hydrogen) atoms. The van der Waals surface area contributed by atoms with Crippen molar-refractivity contribution in [1.29, 1.82) is 0 Å². The average Bonchev–Trinajstić information content (AvgIpc) is 2.42. The number of aryl methyl sites for hydroxylation is 1. The van der Waals surface area contributed by atoms with Gasteiger partial charge in [0.1, 0.15) is 0 Å². The van der Waals surface area contributed by atoms with Crippen molar-refractivity contribution in [1.82, 2.24) is 0 Å². The molecule has 1 atom stereocenters. The highest BCUT2D eigenvalue weighted by molar-refractivity contribution is 6.31. The van der Waals surface area contributed by atoms with Crippen LogP contribution in [0.25, 0.3) is 0 Å². The predicted octanol–water partition coefficient (Wildman–Crippen LogP) is 4.24. The fourth-order valence-electron chi connectivity index (χ4n) is 3.00. The first-order valence-corrected chi connectivity index (χ1v) is 7.43. The Morgan fingerprint density at radius 1 is 1.37 bits per heavy atom. The summed E-state index contributed by atoms with van der Waals surface area (Å²) in [7, 11) is 1.78. The molecule has 1 unspecified atom stereocenters. The molecule has 1 aromatic carbocycles. The van der Waals surface area contributed by atoms with Gasteiger partial charge in [-0.05, 0) is 55.7 Å².